The second-order valence-electron chi connectivity index (χ2n) is 6.40. The lowest BCUT2D eigenvalue weighted by Crippen LogP contribution is -2.51. The monoisotopic (exact) mass is 321 g/mol. The van der Waals surface area contributed by atoms with Gasteiger partial charge in [-0.15, -0.1) is 0 Å². The summed E-state index contributed by atoms with van der Waals surface area (Å²) in [5.41, 5.74) is 0.228. The summed E-state index contributed by atoms with van der Waals surface area (Å²) >= 11 is 0. The van der Waals surface area contributed by atoms with Crippen LogP contribution in [-0.4, -0.2) is 30.1 Å². The third kappa shape index (κ3) is 7.04. The van der Waals surface area contributed by atoms with Gasteiger partial charge in [0.1, 0.15) is 11.8 Å². The molecule has 6 nitrogen and oxygen atoms in total. The van der Waals surface area contributed by atoms with Crippen LogP contribution in [0.15, 0.2) is 24.3 Å². The zero-order chi connectivity index (χ0) is 17.5. The van der Waals surface area contributed by atoms with E-state index < -0.39 is 12.1 Å². The molecular formula is C17H27N3O3. The van der Waals surface area contributed by atoms with Crippen LogP contribution in [0.5, 0.6) is 5.75 Å². The quantitative estimate of drug-likeness (QED) is 0.754. The first-order valence-corrected chi connectivity index (χ1v) is 7.84. The molecule has 23 heavy (non-hydrogen) atoms. The van der Waals surface area contributed by atoms with Crippen LogP contribution in [0.1, 0.15) is 41.0 Å². The lowest BCUT2D eigenvalue weighted by molar-refractivity contribution is -0.123. The van der Waals surface area contributed by atoms with Crippen LogP contribution in [0.3, 0.4) is 0 Å². The van der Waals surface area contributed by atoms with Gasteiger partial charge >= 0.3 is 6.03 Å². The van der Waals surface area contributed by atoms with Gasteiger partial charge in [-0.3, -0.25) is 4.79 Å². The van der Waals surface area contributed by atoms with Crippen LogP contribution in [-0.2, 0) is 4.79 Å². The molecule has 0 aromatic heterocycles. The van der Waals surface area contributed by atoms with Crippen LogP contribution < -0.4 is 20.7 Å². The molecule has 0 saturated carbocycles. The van der Waals surface area contributed by atoms with E-state index in [1.807, 2.05) is 39.8 Å². The molecular weight excluding hydrogens is 294 g/mol. The normalized spacial score (nSPS) is 12.2. The van der Waals surface area contributed by atoms with Crippen molar-refractivity contribution in [3.8, 4) is 5.75 Å². The van der Waals surface area contributed by atoms with Crippen LogP contribution in [0, 0.1) is 0 Å². The first-order chi connectivity index (χ1) is 10.7. The predicted molar refractivity (Wildman–Crippen MR) is 91.7 cm³/mol. The molecule has 1 rings (SSSR count). The molecule has 0 spiro atoms. The van der Waals surface area contributed by atoms with Crippen molar-refractivity contribution < 1.29 is 14.3 Å². The summed E-state index contributed by atoms with van der Waals surface area (Å²) in [7, 11) is 0. The van der Waals surface area contributed by atoms with E-state index in [2.05, 4.69) is 16.0 Å². The molecule has 1 atom stereocenters. The summed E-state index contributed by atoms with van der Waals surface area (Å²) in [6.07, 6.45) is 0.880. The first kappa shape index (κ1) is 18.8. The third-order valence-corrected chi connectivity index (χ3v) is 2.84. The minimum atomic E-state index is -0.641. The highest BCUT2D eigenvalue weighted by Crippen LogP contribution is 2.23. The minimum absolute atomic E-state index is 0.233. The van der Waals surface area contributed by atoms with E-state index in [-0.39, 0.29) is 11.4 Å². The van der Waals surface area contributed by atoms with Crippen molar-refractivity contribution in [2.24, 2.45) is 0 Å². The molecule has 0 unspecified atom stereocenters. The topological polar surface area (TPSA) is 79.5 Å². The molecule has 0 aliphatic rings. The van der Waals surface area contributed by atoms with E-state index in [1.54, 1.807) is 19.1 Å². The van der Waals surface area contributed by atoms with Crippen molar-refractivity contribution in [3.63, 3.8) is 0 Å². The smallest absolute Gasteiger partial charge is 0.319 e. The van der Waals surface area contributed by atoms with Gasteiger partial charge in [-0.25, -0.2) is 4.79 Å². The number of anilines is 1. The first-order valence-electron chi connectivity index (χ1n) is 7.84. The van der Waals surface area contributed by atoms with Crippen LogP contribution in [0.4, 0.5) is 10.5 Å². The summed E-state index contributed by atoms with van der Waals surface area (Å²) in [4.78, 5) is 24.0. The van der Waals surface area contributed by atoms with Crippen LogP contribution in [0.25, 0.3) is 0 Å². The fourth-order valence-corrected chi connectivity index (χ4v) is 1.81. The number of urea groups is 1. The highest BCUT2D eigenvalue weighted by Gasteiger charge is 2.20. The summed E-state index contributed by atoms with van der Waals surface area (Å²) in [6.45, 7) is 9.89. The molecule has 6 heteroatoms. The van der Waals surface area contributed by atoms with E-state index in [9.17, 15) is 9.59 Å². The molecule has 0 radical (unpaired) electrons. The van der Waals surface area contributed by atoms with E-state index in [4.69, 9.17) is 4.74 Å². The fraction of sp³-hybridized carbons (Fsp3) is 0.529. The van der Waals surface area contributed by atoms with Gasteiger partial charge in [0.25, 0.3) is 0 Å². The lowest BCUT2D eigenvalue weighted by atomic mass is 10.1. The van der Waals surface area contributed by atoms with Gasteiger partial charge in [0.2, 0.25) is 5.91 Å². The minimum Gasteiger partial charge on any atom is -0.491 e. The number of hydrogen-bond acceptors (Lipinski definition) is 3. The third-order valence-electron chi connectivity index (χ3n) is 2.84. The Morgan fingerprint density at radius 2 is 1.87 bits per heavy atom. The van der Waals surface area contributed by atoms with Crippen LogP contribution in [0.2, 0.25) is 0 Å². The summed E-state index contributed by atoms with van der Waals surface area (Å²) in [5.74, 6) is 0.375. The maximum Gasteiger partial charge on any atom is 0.319 e. The number of benzene rings is 1. The van der Waals surface area contributed by atoms with Crippen molar-refractivity contribution in [2.75, 3.05) is 11.9 Å². The number of para-hydroxylation sites is 2. The molecule has 1 aromatic rings. The number of hydrogen-bond donors (Lipinski definition) is 3. The van der Waals surface area contributed by atoms with Gasteiger partial charge in [0.05, 0.1) is 12.3 Å². The van der Waals surface area contributed by atoms with Crippen molar-refractivity contribution in [3.05, 3.63) is 24.3 Å². The molecule has 128 valence electrons. The SMILES string of the molecule is CCCOc1ccccc1NC(=O)N[C@H](C)C(=O)NC(C)(C)C. The zero-order valence-electron chi connectivity index (χ0n) is 14.5. The highest BCUT2D eigenvalue weighted by atomic mass is 16.5. The number of carbonyl (C=O) groups is 2. The Bertz CT molecular complexity index is 538. The summed E-state index contributed by atoms with van der Waals surface area (Å²) in [5, 5.41) is 8.15. The predicted octanol–water partition coefficient (Wildman–Crippen LogP) is 2.90. The molecule has 3 amide bonds. The van der Waals surface area contributed by atoms with E-state index in [1.165, 1.54) is 0 Å². The number of ether oxygens (including phenoxy) is 1. The number of nitrogens with one attached hydrogen (secondary N) is 3. The Hall–Kier alpha value is -2.24. The van der Waals surface area contributed by atoms with Gasteiger partial charge in [0, 0.05) is 5.54 Å². The fourth-order valence-electron chi connectivity index (χ4n) is 1.81. The largest absolute Gasteiger partial charge is 0.491 e. The molecule has 0 aliphatic carbocycles. The molecule has 0 saturated heterocycles. The number of rotatable bonds is 6. The second kappa shape index (κ2) is 8.41. The average molecular weight is 321 g/mol. The van der Waals surface area contributed by atoms with E-state index >= 15 is 0 Å². The molecule has 3 N–H and O–H groups in total. The van der Waals surface area contributed by atoms with Gasteiger partial charge in [0.15, 0.2) is 0 Å². The molecule has 0 fully saturated rings. The molecule has 0 heterocycles. The van der Waals surface area contributed by atoms with Gasteiger partial charge < -0.3 is 20.7 Å². The Morgan fingerprint density at radius 3 is 2.48 bits per heavy atom. The molecule has 0 aliphatic heterocycles. The van der Waals surface area contributed by atoms with Gasteiger partial charge in [-0.1, -0.05) is 19.1 Å². The number of amides is 3. The van der Waals surface area contributed by atoms with E-state index in [0.717, 1.165) is 6.42 Å². The highest BCUT2D eigenvalue weighted by molar-refractivity contribution is 5.94. The maximum atomic E-state index is 12.1. The summed E-state index contributed by atoms with van der Waals surface area (Å²) < 4.78 is 5.58. The second-order valence-corrected chi connectivity index (χ2v) is 6.40. The molecule has 1 aromatic carbocycles. The van der Waals surface area contributed by atoms with Crippen molar-refractivity contribution >= 4 is 17.6 Å². The van der Waals surface area contributed by atoms with Crippen molar-refractivity contribution in [1.82, 2.24) is 10.6 Å². The Morgan fingerprint density at radius 1 is 1.22 bits per heavy atom. The standard InChI is InChI=1S/C17H27N3O3/c1-6-11-23-14-10-8-7-9-13(14)19-16(22)18-12(2)15(21)20-17(3,4)5/h7-10,12H,6,11H2,1-5H3,(H,20,21)(H2,18,19,22)/t12-/m1/s1. The van der Waals surface area contributed by atoms with Crippen LogP contribution >= 0.6 is 0 Å². The zero-order valence-corrected chi connectivity index (χ0v) is 14.5. The van der Waals surface area contributed by atoms with E-state index in [0.29, 0.717) is 18.0 Å². The van der Waals surface area contributed by atoms with Gasteiger partial charge in [-0.2, -0.15) is 0 Å². The Labute approximate surface area is 138 Å². The molecule has 0 bridgehead atoms. The lowest BCUT2D eigenvalue weighted by Gasteiger charge is -2.23. The summed E-state index contributed by atoms with van der Waals surface area (Å²) in [6, 6.07) is 6.11. The van der Waals surface area contributed by atoms with Gasteiger partial charge in [-0.05, 0) is 46.2 Å². The van der Waals surface area contributed by atoms with Crippen molar-refractivity contribution in [1.29, 1.82) is 0 Å². The Kier molecular flexibility index (Phi) is 6.88. The Balaban J connectivity index is 2.61. The average Bonchev–Trinajstić information content (AvgIpc) is 2.44. The van der Waals surface area contributed by atoms with Crippen molar-refractivity contribution in [2.45, 2.75) is 52.6 Å². The maximum absolute atomic E-state index is 12.1. The number of carbonyl (C=O) groups excluding carboxylic acids is 2.